The summed E-state index contributed by atoms with van der Waals surface area (Å²) in [6.07, 6.45) is 1.23. The zero-order valence-electron chi connectivity index (χ0n) is 20.6. The molecule has 2 aliphatic rings. The molecule has 0 aliphatic carbocycles. The summed E-state index contributed by atoms with van der Waals surface area (Å²) >= 11 is 0. The molecule has 5 rings (SSSR count). The molecule has 2 amide bonds. The molecular formula is C27H26FN3O6S. The van der Waals surface area contributed by atoms with Gasteiger partial charge in [-0.2, -0.15) is 0 Å². The smallest absolute Gasteiger partial charge is 0.264 e. The maximum atomic E-state index is 14.1. The summed E-state index contributed by atoms with van der Waals surface area (Å²) in [4.78, 5) is 26.9. The lowest BCUT2D eigenvalue weighted by molar-refractivity contribution is -0.117. The van der Waals surface area contributed by atoms with Crippen molar-refractivity contribution in [2.75, 3.05) is 40.8 Å². The molecule has 0 bridgehead atoms. The number of carbonyl (C=O) groups excluding carboxylic acids is 2. The SMILES string of the molecule is Cc1ccc(NC(=O)CN(c2cccc(F)c2)S(=O)(=O)c2ccc3c(c2)OCCO3)cc1N1CCCC1=O. The van der Waals surface area contributed by atoms with E-state index >= 15 is 0 Å². The molecule has 9 nitrogen and oxygen atoms in total. The van der Waals surface area contributed by atoms with Crippen LogP contribution in [0.4, 0.5) is 21.5 Å². The first-order valence-electron chi connectivity index (χ1n) is 12.1. The summed E-state index contributed by atoms with van der Waals surface area (Å²) in [5.74, 6) is -0.595. The minimum atomic E-state index is -4.31. The van der Waals surface area contributed by atoms with Gasteiger partial charge in [0.1, 0.15) is 25.6 Å². The van der Waals surface area contributed by atoms with Crippen LogP contribution in [0.25, 0.3) is 0 Å². The van der Waals surface area contributed by atoms with E-state index in [9.17, 15) is 22.4 Å². The number of nitrogens with one attached hydrogen (secondary N) is 1. The minimum Gasteiger partial charge on any atom is -0.486 e. The van der Waals surface area contributed by atoms with E-state index in [1.54, 1.807) is 23.1 Å². The third-order valence-corrected chi connectivity index (χ3v) is 8.11. The maximum absolute atomic E-state index is 14.1. The molecular weight excluding hydrogens is 513 g/mol. The molecule has 0 unspecified atom stereocenters. The Kier molecular flexibility index (Phi) is 6.94. The van der Waals surface area contributed by atoms with Gasteiger partial charge in [-0.25, -0.2) is 12.8 Å². The number of aryl methyl sites for hydroxylation is 1. The largest absolute Gasteiger partial charge is 0.486 e. The number of carbonyl (C=O) groups is 2. The predicted octanol–water partition coefficient (Wildman–Crippen LogP) is 3.87. The Labute approximate surface area is 219 Å². The molecule has 2 aliphatic heterocycles. The van der Waals surface area contributed by atoms with Crippen LogP contribution in [0.1, 0.15) is 18.4 Å². The molecule has 1 fully saturated rings. The van der Waals surface area contributed by atoms with Crippen molar-refractivity contribution in [2.45, 2.75) is 24.7 Å². The van der Waals surface area contributed by atoms with Gasteiger partial charge in [0.25, 0.3) is 10.0 Å². The van der Waals surface area contributed by atoms with Crippen molar-refractivity contribution < 1.29 is 31.9 Å². The Hall–Kier alpha value is -4.12. The van der Waals surface area contributed by atoms with E-state index in [1.165, 1.54) is 36.4 Å². The number of hydrogen-bond acceptors (Lipinski definition) is 6. The zero-order valence-corrected chi connectivity index (χ0v) is 21.5. The Balaban J connectivity index is 1.43. The third-order valence-electron chi connectivity index (χ3n) is 6.34. The van der Waals surface area contributed by atoms with E-state index in [-0.39, 0.29) is 28.8 Å². The first-order valence-corrected chi connectivity index (χ1v) is 13.6. The standard InChI is InChI=1S/C27H26FN3O6S/c1-18-7-8-20(15-23(18)30-11-3-6-27(30)33)29-26(32)17-31(21-5-2-4-19(28)14-21)38(34,35)22-9-10-24-25(16-22)37-13-12-36-24/h2,4-5,7-10,14-16H,3,6,11-13,17H2,1H3,(H,29,32). The first kappa shape index (κ1) is 25.5. The van der Waals surface area contributed by atoms with E-state index in [2.05, 4.69) is 5.32 Å². The fourth-order valence-electron chi connectivity index (χ4n) is 4.47. The fourth-order valence-corrected chi connectivity index (χ4v) is 5.90. The van der Waals surface area contributed by atoms with Crippen LogP contribution in [0.5, 0.6) is 11.5 Å². The number of fused-ring (bicyclic) bond motifs is 1. The first-order chi connectivity index (χ1) is 18.2. The second-order valence-corrected chi connectivity index (χ2v) is 10.9. The minimum absolute atomic E-state index is 0.0118. The van der Waals surface area contributed by atoms with Crippen molar-refractivity contribution in [3.63, 3.8) is 0 Å². The van der Waals surface area contributed by atoms with Crippen molar-refractivity contribution in [3.8, 4) is 11.5 Å². The third kappa shape index (κ3) is 5.14. The predicted molar refractivity (Wildman–Crippen MR) is 140 cm³/mol. The summed E-state index contributed by atoms with van der Waals surface area (Å²) in [7, 11) is -4.31. The Morgan fingerprint density at radius 2 is 1.84 bits per heavy atom. The lowest BCUT2D eigenvalue weighted by Crippen LogP contribution is -2.38. The normalized spacial score (nSPS) is 14.9. The lowest BCUT2D eigenvalue weighted by Gasteiger charge is -2.25. The number of ether oxygens (including phenoxy) is 2. The number of anilines is 3. The average Bonchev–Trinajstić information content (AvgIpc) is 3.33. The van der Waals surface area contributed by atoms with Crippen LogP contribution >= 0.6 is 0 Å². The highest BCUT2D eigenvalue weighted by Crippen LogP contribution is 2.34. The van der Waals surface area contributed by atoms with E-state index < -0.39 is 28.3 Å². The van der Waals surface area contributed by atoms with E-state index in [4.69, 9.17) is 9.47 Å². The van der Waals surface area contributed by atoms with Gasteiger partial charge in [-0.3, -0.25) is 13.9 Å². The van der Waals surface area contributed by atoms with Crippen LogP contribution in [0.3, 0.4) is 0 Å². The topological polar surface area (TPSA) is 105 Å². The number of amides is 2. The second kappa shape index (κ2) is 10.3. The van der Waals surface area contributed by atoms with Crippen molar-refractivity contribution in [1.82, 2.24) is 0 Å². The van der Waals surface area contributed by atoms with Gasteiger partial charge >= 0.3 is 0 Å². The highest BCUT2D eigenvalue weighted by Gasteiger charge is 2.30. The lowest BCUT2D eigenvalue weighted by atomic mass is 10.1. The summed E-state index contributed by atoms with van der Waals surface area (Å²) in [6, 6.07) is 14.3. The van der Waals surface area contributed by atoms with Crippen LogP contribution < -0.4 is 24.0 Å². The van der Waals surface area contributed by atoms with Gasteiger partial charge in [-0.15, -0.1) is 0 Å². The molecule has 0 radical (unpaired) electrons. The van der Waals surface area contributed by atoms with Crippen LogP contribution in [0.2, 0.25) is 0 Å². The number of halogens is 1. The molecule has 11 heteroatoms. The molecule has 0 aromatic heterocycles. The summed E-state index contributed by atoms with van der Waals surface area (Å²) in [5, 5.41) is 2.71. The summed E-state index contributed by atoms with van der Waals surface area (Å²) in [5.41, 5.74) is 1.96. The molecule has 2 heterocycles. The Morgan fingerprint density at radius 3 is 2.58 bits per heavy atom. The van der Waals surface area contributed by atoms with Crippen LogP contribution in [-0.4, -0.2) is 46.5 Å². The molecule has 0 saturated carbocycles. The second-order valence-electron chi connectivity index (χ2n) is 9.00. The van der Waals surface area contributed by atoms with Crippen molar-refractivity contribution in [3.05, 3.63) is 72.0 Å². The molecule has 0 spiro atoms. The summed E-state index contributed by atoms with van der Waals surface area (Å²) in [6.45, 7) is 2.47. The van der Waals surface area contributed by atoms with Gasteiger partial charge in [0.2, 0.25) is 11.8 Å². The monoisotopic (exact) mass is 539 g/mol. The van der Waals surface area contributed by atoms with Crippen molar-refractivity contribution in [1.29, 1.82) is 0 Å². The van der Waals surface area contributed by atoms with Gasteiger partial charge in [-0.05, 0) is 61.4 Å². The highest BCUT2D eigenvalue weighted by molar-refractivity contribution is 7.92. The molecule has 3 aromatic carbocycles. The molecule has 1 N–H and O–H groups in total. The number of rotatable bonds is 7. The van der Waals surface area contributed by atoms with Gasteiger partial charge < -0.3 is 19.7 Å². The summed E-state index contributed by atoms with van der Waals surface area (Å²) < 4.78 is 53.4. The van der Waals surface area contributed by atoms with Gasteiger partial charge in [0.15, 0.2) is 11.5 Å². The maximum Gasteiger partial charge on any atom is 0.264 e. The van der Waals surface area contributed by atoms with Gasteiger partial charge in [-0.1, -0.05) is 12.1 Å². The van der Waals surface area contributed by atoms with Crippen molar-refractivity contribution >= 4 is 38.9 Å². The fraction of sp³-hybridized carbons (Fsp3) is 0.259. The van der Waals surface area contributed by atoms with E-state index in [0.29, 0.717) is 36.7 Å². The number of benzene rings is 3. The number of nitrogens with zero attached hydrogens (tertiary/aromatic N) is 2. The number of hydrogen-bond donors (Lipinski definition) is 1. The molecule has 1 saturated heterocycles. The Morgan fingerprint density at radius 1 is 1.05 bits per heavy atom. The molecule has 38 heavy (non-hydrogen) atoms. The van der Waals surface area contributed by atoms with Crippen molar-refractivity contribution in [2.24, 2.45) is 0 Å². The highest BCUT2D eigenvalue weighted by atomic mass is 32.2. The quantitative estimate of drug-likeness (QED) is 0.489. The van der Waals surface area contributed by atoms with Gasteiger partial charge in [0.05, 0.1) is 10.6 Å². The van der Waals surface area contributed by atoms with Gasteiger partial charge in [0, 0.05) is 30.4 Å². The average molecular weight is 540 g/mol. The zero-order chi connectivity index (χ0) is 26.9. The Bertz CT molecular complexity index is 1510. The number of sulfonamides is 1. The van der Waals surface area contributed by atoms with Crippen LogP contribution in [-0.2, 0) is 19.6 Å². The molecule has 3 aromatic rings. The van der Waals surface area contributed by atoms with Crippen LogP contribution in [0, 0.1) is 12.7 Å². The van der Waals surface area contributed by atoms with Crippen LogP contribution in [0.15, 0.2) is 65.6 Å². The molecule has 0 atom stereocenters. The van der Waals surface area contributed by atoms with E-state index in [1.807, 2.05) is 6.92 Å². The molecule has 198 valence electrons. The van der Waals surface area contributed by atoms with E-state index in [0.717, 1.165) is 22.4 Å².